The summed E-state index contributed by atoms with van der Waals surface area (Å²) in [6, 6.07) is 8.60. The molecule has 4 heteroatoms. The summed E-state index contributed by atoms with van der Waals surface area (Å²) in [6.45, 7) is 5.93. The summed E-state index contributed by atoms with van der Waals surface area (Å²) in [6.07, 6.45) is 5.04. The highest BCUT2D eigenvalue weighted by molar-refractivity contribution is 5.94. The summed E-state index contributed by atoms with van der Waals surface area (Å²) in [5.41, 5.74) is 2.08. The Balaban J connectivity index is 1.86. The van der Waals surface area contributed by atoms with Gasteiger partial charge in [-0.25, -0.2) is 4.79 Å². The van der Waals surface area contributed by atoms with Crippen molar-refractivity contribution in [2.24, 2.45) is 0 Å². The third kappa shape index (κ3) is 3.89. The molecule has 0 radical (unpaired) electrons. The summed E-state index contributed by atoms with van der Waals surface area (Å²) in [5, 5.41) is 6.33. The smallest absolute Gasteiger partial charge is 0.321 e. The van der Waals surface area contributed by atoms with Crippen LogP contribution in [-0.2, 0) is 0 Å². The van der Waals surface area contributed by atoms with Crippen LogP contribution in [0.5, 0.6) is 0 Å². The van der Waals surface area contributed by atoms with Gasteiger partial charge in [-0.15, -0.1) is 0 Å². The molecular weight excluding hydrogens is 250 g/mol. The van der Waals surface area contributed by atoms with Gasteiger partial charge in [0.2, 0.25) is 0 Å². The molecule has 1 unspecified atom stereocenters. The lowest BCUT2D eigenvalue weighted by atomic mass is 10.1. The minimum atomic E-state index is -0.00126. The normalized spacial score (nSPS) is 16.1. The van der Waals surface area contributed by atoms with E-state index < -0.39 is 0 Å². The van der Waals surface area contributed by atoms with Crippen LogP contribution in [0.2, 0.25) is 0 Å². The van der Waals surface area contributed by atoms with E-state index in [4.69, 9.17) is 0 Å². The van der Waals surface area contributed by atoms with E-state index in [0.717, 1.165) is 24.5 Å². The Kier molecular flexibility index (Phi) is 5.27. The molecule has 20 heavy (non-hydrogen) atoms. The van der Waals surface area contributed by atoms with Gasteiger partial charge in [-0.3, -0.25) is 4.90 Å². The molecular formula is C16H25N3O. The fourth-order valence-electron chi connectivity index (χ4n) is 2.51. The molecule has 2 amide bonds. The number of hydrogen-bond donors (Lipinski definition) is 2. The highest BCUT2D eigenvalue weighted by Gasteiger charge is 2.20. The van der Waals surface area contributed by atoms with Gasteiger partial charge in [0.25, 0.3) is 0 Å². The lowest BCUT2D eigenvalue weighted by Crippen LogP contribution is -2.27. The SMILES string of the molecule is CCCCCC(C)Nc1ccc(N2CCNC2=O)cc1. The van der Waals surface area contributed by atoms with Crippen LogP contribution in [0.1, 0.15) is 39.5 Å². The first-order valence-electron chi connectivity index (χ1n) is 7.62. The number of carbonyl (C=O) groups is 1. The molecule has 0 spiro atoms. The minimum Gasteiger partial charge on any atom is -0.383 e. The molecule has 2 rings (SSSR count). The van der Waals surface area contributed by atoms with Gasteiger partial charge >= 0.3 is 6.03 Å². The first-order chi connectivity index (χ1) is 9.70. The molecule has 4 nitrogen and oxygen atoms in total. The number of rotatable bonds is 7. The molecule has 1 atom stereocenters. The zero-order valence-electron chi connectivity index (χ0n) is 12.5. The zero-order valence-corrected chi connectivity index (χ0v) is 12.5. The molecule has 0 aromatic heterocycles. The largest absolute Gasteiger partial charge is 0.383 e. The Morgan fingerprint density at radius 2 is 2.05 bits per heavy atom. The number of nitrogens with zero attached hydrogens (tertiary/aromatic N) is 1. The van der Waals surface area contributed by atoms with Gasteiger partial charge < -0.3 is 10.6 Å². The molecule has 110 valence electrons. The van der Waals surface area contributed by atoms with Crippen molar-refractivity contribution >= 4 is 17.4 Å². The van der Waals surface area contributed by atoms with Crippen LogP contribution in [-0.4, -0.2) is 25.2 Å². The first-order valence-corrected chi connectivity index (χ1v) is 7.62. The third-order valence-corrected chi connectivity index (χ3v) is 3.69. The first kappa shape index (κ1) is 14.7. The van der Waals surface area contributed by atoms with Crippen LogP contribution in [0, 0.1) is 0 Å². The molecule has 0 bridgehead atoms. The number of amides is 2. The minimum absolute atomic E-state index is 0.00126. The quantitative estimate of drug-likeness (QED) is 0.747. The fraction of sp³-hybridized carbons (Fsp3) is 0.562. The topological polar surface area (TPSA) is 44.4 Å². The van der Waals surface area contributed by atoms with Gasteiger partial charge in [0.1, 0.15) is 0 Å². The zero-order chi connectivity index (χ0) is 14.4. The van der Waals surface area contributed by atoms with Gasteiger partial charge in [-0.1, -0.05) is 26.2 Å². The van der Waals surface area contributed by atoms with Crippen LogP contribution in [0.15, 0.2) is 24.3 Å². The van der Waals surface area contributed by atoms with E-state index >= 15 is 0 Å². The van der Waals surface area contributed by atoms with Gasteiger partial charge in [0.05, 0.1) is 0 Å². The summed E-state index contributed by atoms with van der Waals surface area (Å²) in [7, 11) is 0. The predicted molar refractivity (Wildman–Crippen MR) is 84.4 cm³/mol. The molecule has 1 aromatic rings. The van der Waals surface area contributed by atoms with Crippen LogP contribution < -0.4 is 15.5 Å². The van der Waals surface area contributed by atoms with Gasteiger partial charge in [0.15, 0.2) is 0 Å². The van der Waals surface area contributed by atoms with Crippen molar-refractivity contribution in [2.75, 3.05) is 23.3 Å². The second kappa shape index (κ2) is 7.17. The maximum absolute atomic E-state index is 11.6. The highest BCUT2D eigenvalue weighted by Crippen LogP contribution is 2.20. The van der Waals surface area contributed by atoms with Crippen LogP contribution in [0.3, 0.4) is 0 Å². The average molecular weight is 275 g/mol. The highest BCUT2D eigenvalue weighted by atomic mass is 16.2. The number of benzene rings is 1. The molecule has 1 aromatic carbocycles. The summed E-state index contributed by atoms with van der Waals surface area (Å²) >= 11 is 0. The summed E-state index contributed by atoms with van der Waals surface area (Å²) < 4.78 is 0. The van der Waals surface area contributed by atoms with Crippen LogP contribution in [0.25, 0.3) is 0 Å². The second-order valence-electron chi connectivity index (χ2n) is 5.47. The van der Waals surface area contributed by atoms with Crippen molar-refractivity contribution in [1.82, 2.24) is 5.32 Å². The van der Waals surface area contributed by atoms with E-state index in [1.54, 1.807) is 4.90 Å². The number of anilines is 2. The lowest BCUT2D eigenvalue weighted by Gasteiger charge is -2.17. The number of unbranched alkanes of at least 4 members (excludes halogenated alkanes) is 2. The molecule has 0 saturated carbocycles. The molecule has 2 N–H and O–H groups in total. The van der Waals surface area contributed by atoms with Crippen molar-refractivity contribution in [3.63, 3.8) is 0 Å². The molecule has 1 saturated heterocycles. The van der Waals surface area contributed by atoms with E-state index in [-0.39, 0.29) is 6.03 Å². The Morgan fingerprint density at radius 1 is 1.30 bits per heavy atom. The predicted octanol–water partition coefficient (Wildman–Crippen LogP) is 3.60. The van der Waals surface area contributed by atoms with Gasteiger partial charge in [0, 0.05) is 30.5 Å². The number of nitrogens with one attached hydrogen (secondary N) is 2. The fourth-order valence-corrected chi connectivity index (χ4v) is 2.51. The number of urea groups is 1. The van der Waals surface area contributed by atoms with E-state index in [1.165, 1.54) is 25.7 Å². The maximum atomic E-state index is 11.6. The van der Waals surface area contributed by atoms with Gasteiger partial charge in [-0.05, 0) is 37.6 Å². The Bertz CT molecular complexity index is 430. The van der Waals surface area contributed by atoms with Crippen LogP contribution >= 0.6 is 0 Å². The molecule has 1 heterocycles. The van der Waals surface area contributed by atoms with Crippen molar-refractivity contribution < 1.29 is 4.79 Å². The number of hydrogen-bond acceptors (Lipinski definition) is 2. The third-order valence-electron chi connectivity index (χ3n) is 3.69. The van der Waals surface area contributed by atoms with Crippen molar-refractivity contribution in [2.45, 2.75) is 45.6 Å². The molecule has 1 aliphatic rings. The summed E-state index contributed by atoms with van der Waals surface area (Å²) in [5.74, 6) is 0. The molecule has 1 fully saturated rings. The average Bonchev–Trinajstić information content (AvgIpc) is 2.86. The standard InChI is InChI=1S/C16H25N3O/c1-3-4-5-6-13(2)18-14-7-9-15(10-8-14)19-12-11-17-16(19)20/h7-10,13,18H,3-6,11-12H2,1-2H3,(H,17,20). The van der Waals surface area contributed by atoms with Crippen LogP contribution in [0.4, 0.5) is 16.2 Å². The molecule has 0 aliphatic carbocycles. The maximum Gasteiger partial charge on any atom is 0.321 e. The van der Waals surface area contributed by atoms with Crippen molar-refractivity contribution in [3.8, 4) is 0 Å². The van der Waals surface area contributed by atoms with Gasteiger partial charge in [-0.2, -0.15) is 0 Å². The van der Waals surface area contributed by atoms with E-state index in [1.807, 2.05) is 12.1 Å². The van der Waals surface area contributed by atoms with Crippen molar-refractivity contribution in [1.29, 1.82) is 0 Å². The Morgan fingerprint density at radius 3 is 2.65 bits per heavy atom. The van der Waals surface area contributed by atoms with E-state index in [2.05, 4.69) is 36.6 Å². The second-order valence-corrected chi connectivity index (χ2v) is 5.47. The lowest BCUT2D eigenvalue weighted by molar-refractivity contribution is 0.252. The van der Waals surface area contributed by atoms with Crippen molar-refractivity contribution in [3.05, 3.63) is 24.3 Å². The Labute approximate surface area is 121 Å². The van der Waals surface area contributed by atoms with E-state index in [0.29, 0.717) is 6.04 Å². The summed E-state index contributed by atoms with van der Waals surface area (Å²) in [4.78, 5) is 13.4. The number of carbonyl (C=O) groups excluding carboxylic acids is 1. The molecule has 1 aliphatic heterocycles. The monoisotopic (exact) mass is 275 g/mol. The van der Waals surface area contributed by atoms with E-state index in [9.17, 15) is 4.79 Å². The Hall–Kier alpha value is -1.71.